The lowest BCUT2D eigenvalue weighted by molar-refractivity contribution is 1.13. The van der Waals surface area contributed by atoms with Gasteiger partial charge in [0, 0.05) is 36.1 Å². The van der Waals surface area contributed by atoms with Gasteiger partial charge in [-0.3, -0.25) is 4.98 Å². The topological polar surface area (TPSA) is 41.1 Å². The Hall–Kier alpha value is -2.59. The number of aromatic nitrogens is 2. The fourth-order valence-corrected chi connectivity index (χ4v) is 2.32. The van der Waals surface area contributed by atoms with Crippen molar-refractivity contribution in [2.45, 2.75) is 0 Å². The summed E-state index contributed by atoms with van der Waals surface area (Å²) in [6.45, 7) is 0. The van der Waals surface area contributed by atoms with Crippen molar-refractivity contribution in [2.24, 2.45) is 0 Å². The molecule has 116 valence electrons. The maximum absolute atomic E-state index is 5.90. The first kappa shape index (κ1) is 15.3. The average Bonchev–Trinajstić information content (AvgIpc) is 2.57. The normalized spacial score (nSPS) is 10.4. The lowest BCUT2D eigenvalue weighted by Gasteiger charge is -2.13. The average molecular weight is 325 g/mol. The fourth-order valence-electron chi connectivity index (χ4n) is 2.19. The Bertz CT molecular complexity index is 800. The van der Waals surface area contributed by atoms with Crippen LogP contribution < -0.4 is 10.2 Å². The van der Waals surface area contributed by atoms with Crippen LogP contribution in [0.2, 0.25) is 5.02 Å². The lowest BCUT2D eigenvalue weighted by atomic mass is 10.1. The Morgan fingerprint density at radius 1 is 1.00 bits per heavy atom. The number of hydrogen-bond acceptors (Lipinski definition) is 4. The summed E-state index contributed by atoms with van der Waals surface area (Å²) in [6, 6.07) is 15.7. The summed E-state index contributed by atoms with van der Waals surface area (Å²) in [5.41, 5.74) is 3.90. The predicted octanol–water partition coefficient (Wildman–Crippen LogP) is 4.61. The highest BCUT2D eigenvalue weighted by atomic mass is 35.5. The molecule has 1 N–H and O–H groups in total. The number of nitrogens with one attached hydrogen (secondary N) is 1. The van der Waals surface area contributed by atoms with Crippen molar-refractivity contribution in [1.82, 2.24) is 9.97 Å². The minimum Gasteiger partial charge on any atom is -0.378 e. The molecule has 0 fully saturated rings. The van der Waals surface area contributed by atoms with E-state index in [-0.39, 0.29) is 0 Å². The van der Waals surface area contributed by atoms with E-state index in [1.54, 1.807) is 12.4 Å². The van der Waals surface area contributed by atoms with E-state index in [1.807, 2.05) is 50.5 Å². The van der Waals surface area contributed by atoms with Gasteiger partial charge in [0.15, 0.2) is 0 Å². The zero-order valence-corrected chi connectivity index (χ0v) is 13.7. The highest BCUT2D eigenvalue weighted by Gasteiger charge is 2.04. The Kier molecular flexibility index (Phi) is 4.44. The van der Waals surface area contributed by atoms with Gasteiger partial charge in [0.25, 0.3) is 0 Å². The fraction of sp³-hybridized carbons (Fsp3) is 0.111. The van der Waals surface area contributed by atoms with Crippen LogP contribution >= 0.6 is 11.6 Å². The van der Waals surface area contributed by atoms with Crippen LogP contribution in [-0.2, 0) is 0 Å². The molecule has 0 saturated carbocycles. The molecule has 4 nitrogen and oxygen atoms in total. The molecule has 1 aromatic heterocycles. The molecular weight excluding hydrogens is 308 g/mol. The lowest BCUT2D eigenvalue weighted by Crippen LogP contribution is -2.08. The van der Waals surface area contributed by atoms with Crippen molar-refractivity contribution in [3.8, 4) is 11.3 Å². The Morgan fingerprint density at radius 2 is 1.78 bits per heavy atom. The third kappa shape index (κ3) is 3.79. The Balaban J connectivity index is 1.87. The molecule has 2 aromatic carbocycles. The molecule has 0 amide bonds. The summed E-state index contributed by atoms with van der Waals surface area (Å²) in [6.07, 6.45) is 3.47. The van der Waals surface area contributed by atoms with Gasteiger partial charge in [-0.2, -0.15) is 0 Å². The second-order valence-electron chi connectivity index (χ2n) is 5.37. The first-order valence-electron chi connectivity index (χ1n) is 7.24. The summed E-state index contributed by atoms with van der Waals surface area (Å²) >= 11 is 5.90. The standard InChI is InChI=1S/C18H17ClN4/c1-23(2)16-5-3-4-13(10-16)17-11-20-12-18(22-17)21-15-8-6-14(19)7-9-15/h3-12H,1-2H3,(H,21,22). The predicted molar refractivity (Wildman–Crippen MR) is 96.5 cm³/mol. The molecule has 5 heteroatoms. The van der Waals surface area contributed by atoms with Gasteiger partial charge in [-0.05, 0) is 36.4 Å². The number of anilines is 3. The third-order valence-electron chi connectivity index (χ3n) is 3.41. The molecule has 1 heterocycles. The number of nitrogens with zero attached hydrogens (tertiary/aromatic N) is 3. The summed E-state index contributed by atoms with van der Waals surface area (Å²) in [5, 5.41) is 3.94. The molecule has 0 unspecified atom stereocenters. The van der Waals surface area contributed by atoms with Crippen LogP contribution in [0.4, 0.5) is 17.2 Å². The van der Waals surface area contributed by atoms with E-state index in [4.69, 9.17) is 11.6 Å². The number of benzene rings is 2. The summed E-state index contributed by atoms with van der Waals surface area (Å²) < 4.78 is 0. The van der Waals surface area contributed by atoms with Crippen LogP contribution in [0.25, 0.3) is 11.3 Å². The minimum absolute atomic E-state index is 0.695. The first-order chi connectivity index (χ1) is 11.1. The van der Waals surface area contributed by atoms with Gasteiger partial charge in [-0.1, -0.05) is 23.7 Å². The van der Waals surface area contributed by atoms with E-state index >= 15 is 0 Å². The molecule has 0 atom stereocenters. The highest BCUT2D eigenvalue weighted by Crippen LogP contribution is 2.24. The third-order valence-corrected chi connectivity index (χ3v) is 3.66. The molecule has 23 heavy (non-hydrogen) atoms. The van der Waals surface area contributed by atoms with Crippen LogP contribution in [0.1, 0.15) is 0 Å². The molecule has 0 aliphatic carbocycles. The number of hydrogen-bond donors (Lipinski definition) is 1. The van der Waals surface area contributed by atoms with Crippen molar-refractivity contribution in [2.75, 3.05) is 24.3 Å². The Morgan fingerprint density at radius 3 is 2.52 bits per heavy atom. The summed E-state index contributed by atoms with van der Waals surface area (Å²) in [4.78, 5) is 11.0. The quantitative estimate of drug-likeness (QED) is 0.761. The van der Waals surface area contributed by atoms with Crippen LogP contribution in [0, 0.1) is 0 Å². The van der Waals surface area contributed by atoms with Crippen molar-refractivity contribution in [3.05, 3.63) is 65.9 Å². The van der Waals surface area contributed by atoms with Gasteiger partial charge in [0.1, 0.15) is 5.82 Å². The van der Waals surface area contributed by atoms with E-state index in [9.17, 15) is 0 Å². The van der Waals surface area contributed by atoms with E-state index in [2.05, 4.69) is 32.3 Å². The van der Waals surface area contributed by atoms with E-state index in [0.717, 1.165) is 22.6 Å². The molecule has 0 spiro atoms. The van der Waals surface area contributed by atoms with E-state index in [1.165, 1.54) is 0 Å². The van der Waals surface area contributed by atoms with Crippen molar-refractivity contribution in [1.29, 1.82) is 0 Å². The van der Waals surface area contributed by atoms with E-state index < -0.39 is 0 Å². The monoisotopic (exact) mass is 324 g/mol. The van der Waals surface area contributed by atoms with Crippen LogP contribution in [0.15, 0.2) is 60.9 Å². The summed E-state index contributed by atoms with van der Waals surface area (Å²) in [7, 11) is 4.03. The van der Waals surface area contributed by atoms with Crippen molar-refractivity contribution >= 4 is 28.8 Å². The summed E-state index contributed by atoms with van der Waals surface area (Å²) in [5.74, 6) is 0.695. The molecule has 0 aliphatic rings. The van der Waals surface area contributed by atoms with Gasteiger partial charge in [-0.25, -0.2) is 4.98 Å². The molecule has 3 aromatic rings. The van der Waals surface area contributed by atoms with Crippen LogP contribution in [-0.4, -0.2) is 24.1 Å². The maximum atomic E-state index is 5.90. The highest BCUT2D eigenvalue weighted by molar-refractivity contribution is 6.30. The zero-order chi connectivity index (χ0) is 16.2. The molecular formula is C18H17ClN4. The van der Waals surface area contributed by atoms with Crippen molar-refractivity contribution < 1.29 is 0 Å². The molecule has 3 rings (SSSR count). The van der Waals surface area contributed by atoms with Crippen molar-refractivity contribution in [3.63, 3.8) is 0 Å². The maximum Gasteiger partial charge on any atom is 0.149 e. The molecule has 0 saturated heterocycles. The van der Waals surface area contributed by atoms with Gasteiger partial charge < -0.3 is 10.2 Å². The molecule has 0 radical (unpaired) electrons. The molecule has 0 aliphatic heterocycles. The van der Waals surface area contributed by atoms with Gasteiger partial charge in [0.2, 0.25) is 0 Å². The van der Waals surface area contributed by atoms with Gasteiger partial charge in [0.05, 0.1) is 18.1 Å². The molecule has 0 bridgehead atoms. The Labute approximate surface area is 140 Å². The zero-order valence-electron chi connectivity index (χ0n) is 13.0. The van der Waals surface area contributed by atoms with Gasteiger partial charge >= 0.3 is 0 Å². The first-order valence-corrected chi connectivity index (χ1v) is 7.62. The second kappa shape index (κ2) is 6.67. The number of halogens is 1. The van der Waals surface area contributed by atoms with E-state index in [0.29, 0.717) is 10.8 Å². The van der Waals surface area contributed by atoms with Gasteiger partial charge in [-0.15, -0.1) is 0 Å². The van der Waals surface area contributed by atoms with Crippen LogP contribution in [0.3, 0.4) is 0 Å². The second-order valence-corrected chi connectivity index (χ2v) is 5.80. The minimum atomic E-state index is 0.695. The number of rotatable bonds is 4. The van der Waals surface area contributed by atoms with Crippen LogP contribution in [0.5, 0.6) is 0 Å². The SMILES string of the molecule is CN(C)c1cccc(-c2cncc(Nc3ccc(Cl)cc3)n2)c1. The smallest absolute Gasteiger partial charge is 0.149 e. The largest absolute Gasteiger partial charge is 0.378 e.